The van der Waals surface area contributed by atoms with Gasteiger partial charge in [0.15, 0.2) is 6.23 Å². The van der Waals surface area contributed by atoms with Crippen molar-refractivity contribution in [2.75, 3.05) is 5.75 Å². The van der Waals surface area contributed by atoms with Crippen molar-refractivity contribution in [3.05, 3.63) is 0 Å². The molecule has 3 N–H and O–H groups in total. The molecule has 0 fully saturated rings. The lowest BCUT2D eigenvalue weighted by Crippen LogP contribution is -2.14. The van der Waals surface area contributed by atoms with E-state index in [0.717, 1.165) is 0 Å². The van der Waals surface area contributed by atoms with Crippen LogP contribution in [-0.4, -0.2) is 17.1 Å². The third-order valence-electron chi connectivity index (χ3n) is 0.575. The summed E-state index contributed by atoms with van der Waals surface area (Å²) in [5.41, 5.74) is 4.90. The van der Waals surface area contributed by atoms with E-state index in [0.29, 0.717) is 5.75 Å². The van der Waals surface area contributed by atoms with Crippen LogP contribution in [0.5, 0.6) is 0 Å². The Morgan fingerprint density at radius 1 is 1.27 bits per heavy atom. The molecule has 11 heavy (non-hydrogen) atoms. The van der Waals surface area contributed by atoms with Gasteiger partial charge in [-0.3, -0.25) is 5.73 Å². The van der Waals surface area contributed by atoms with Crippen molar-refractivity contribution in [1.82, 2.24) is 0 Å². The molecule has 0 saturated heterocycles. The summed E-state index contributed by atoms with van der Waals surface area (Å²) < 4.78 is 0. The van der Waals surface area contributed by atoms with E-state index < -0.39 is 6.23 Å². The Labute approximate surface area is 71.6 Å². The standard InChI is InChI=1S/C8H7NOS/c9-8(10)6-4-2-1-3-5-7-11/h8,10-11H,7,9H2. The van der Waals surface area contributed by atoms with Gasteiger partial charge in [-0.05, 0) is 29.6 Å². The molecule has 0 saturated carbocycles. The van der Waals surface area contributed by atoms with E-state index in [1.807, 2.05) is 0 Å². The molecular weight excluding hydrogens is 158 g/mol. The molecule has 0 aromatic heterocycles. The first kappa shape index (κ1) is 9.95. The minimum atomic E-state index is -1.12. The largest absolute Gasteiger partial charge is 0.368 e. The zero-order valence-corrected chi connectivity index (χ0v) is 6.65. The van der Waals surface area contributed by atoms with Gasteiger partial charge in [0.2, 0.25) is 0 Å². The molecule has 2 nitrogen and oxygen atoms in total. The van der Waals surface area contributed by atoms with Gasteiger partial charge >= 0.3 is 0 Å². The molecule has 0 radical (unpaired) electrons. The summed E-state index contributed by atoms with van der Waals surface area (Å²) in [5.74, 6) is 15.0. The Morgan fingerprint density at radius 2 is 1.91 bits per heavy atom. The molecule has 0 amide bonds. The van der Waals surface area contributed by atoms with Crippen molar-refractivity contribution in [3.63, 3.8) is 0 Å². The molecule has 0 aromatic carbocycles. The number of aliphatic hydroxyl groups excluding tert-OH is 1. The van der Waals surface area contributed by atoms with E-state index in [2.05, 4.69) is 48.2 Å². The van der Waals surface area contributed by atoms with Crippen LogP contribution in [0, 0.1) is 35.5 Å². The Bertz CT molecular complexity index is 276. The second-order valence-corrected chi connectivity index (χ2v) is 1.74. The zero-order chi connectivity index (χ0) is 8.53. The maximum atomic E-state index is 8.44. The fourth-order valence-electron chi connectivity index (χ4n) is 0.256. The zero-order valence-electron chi connectivity index (χ0n) is 5.76. The van der Waals surface area contributed by atoms with Crippen LogP contribution in [-0.2, 0) is 0 Å². The average Bonchev–Trinajstić information content (AvgIpc) is 1.96. The van der Waals surface area contributed by atoms with Crippen molar-refractivity contribution in [2.24, 2.45) is 5.73 Å². The molecule has 0 aliphatic heterocycles. The Hall–Kier alpha value is -1.05. The van der Waals surface area contributed by atoms with Crippen LogP contribution in [0.2, 0.25) is 0 Å². The van der Waals surface area contributed by atoms with Crippen LogP contribution in [0.4, 0.5) is 0 Å². The van der Waals surface area contributed by atoms with Gasteiger partial charge in [0, 0.05) is 0 Å². The van der Waals surface area contributed by atoms with E-state index in [-0.39, 0.29) is 0 Å². The average molecular weight is 165 g/mol. The van der Waals surface area contributed by atoms with Gasteiger partial charge in [0.25, 0.3) is 0 Å². The lowest BCUT2D eigenvalue weighted by atomic mass is 10.5. The number of hydrogen-bond acceptors (Lipinski definition) is 3. The predicted molar refractivity (Wildman–Crippen MR) is 47.4 cm³/mol. The second kappa shape index (κ2) is 7.06. The van der Waals surface area contributed by atoms with Crippen LogP contribution < -0.4 is 5.73 Å². The number of thiol groups is 1. The van der Waals surface area contributed by atoms with Gasteiger partial charge in [-0.2, -0.15) is 12.6 Å². The van der Waals surface area contributed by atoms with Crippen LogP contribution in [0.3, 0.4) is 0 Å². The Kier molecular flexibility index (Phi) is 6.39. The predicted octanol–water partition coefficient (Wildman–Crippen LogP) is -0.796. The highest BCUT2D eigenvalue weighted by atomic mass is 32.1. The summed E-state index contributed by atoms with van der Waals surface area (Å²) in [6.45, 7) is 0. The first-order chi connectivity index (χ1) is 5.27. The van der Waals surface area contributed by atoms with Crippen LogP contribution >= 0.6 is 12.6 Å². The number of aliphatic hydroxyl groups is 1. The van der Waals surface area contributed by atoms with Crippen LogP contribution in [0.15, 0.2) is 0 Å². The van der Waals surface area contributed by atoms with E-state index in [1.54, 1.807) is 0 Å². The van der Waals surface area contributed by atoms with Crippen molar-refractivity contribution in [2.45, 2.75) is 6.23 Å². The van der Waals surface area contributed by atoms with Gasteiger partial charge in [-0.15, -0.1) is 0 Å². The molecule has 0 aromatic rings. The van der Waals surface area contributed by atoms with Crippen molar-refractivity contribution >= 4 is 12.6 Å². The normalized spacial score (nSPS) is 9.00. The maximum Gasteiger partial charge on any atom is 0.166 e. The van der Waals surface area contributed by atoms with Gasteiger partial charge in [0.05, 0.1) is 5.75 Å². The van der Waals surface area contributed by atoms with Gasteiger partial charge < -0.3 is 5.11 Å². The molecule has 1 atom stereocenters. The molecular formula is C8H7NOS. The van der Waals surface area contributed by atoms with E-state index in [9.17, 15) is 0 Å². The minimum Gasteiger partial charge on any atom is -0.368 e. The van der Waals surface area contributed by atoms with Crippen LogP contribution in [0.25, 0.3) is 0 Å². The lowest BCUT2D eigenvalue weighted by Gasteiger charge is -1.83. The monoisotopic (exact) mass is 165 g/mol. The van der Waals surface area contributed by atoms with Gasteiger partial charge in [0.1, 0.15) is 0 Å². The Morgan fingerprint density at radius 3 is 2.45 bits per heavy atom. The first-order valence-corrected chi connectivity index (χ1v) is 3.43. The molecule has 0 heterocycles. The van der Waals surface area contributed by atoms with E-state index in [1.165, 1.54) is 0 Å². The summed E-state index contributed by atoms with van der Waals surface area (Å²) >= 11 is 3.84. The highest BCUT2D eigenvalue weighted by Gasteiger charge is 1.78. The summed E-state index contributed by atoms with van der Waals surface area (Å²) in [4.78, 5) is 0. The Balaban J connectivity index is 3.84. The SMILES string of the molecule is NC(O)C#CC#CC#CCS. The molecule has 3 heteroatoms. The highest BCUT2D eigenvalue weighted by Crippen LogP contribution is 1.64. The van der Waals surface area contributed by atoms with Crippen molar-refractivity contribution in [1.29, 1.82) is 0 Å². The number of rotatable bonds is 0. The van der Waals surface area contributed by atoms with Crippen molar-refractivity contribution < 1.29 is 5.11 Å². The fraction of sp³-hybridized carbons (Fsp3) is 0.250. The molecule has 0 bridgehead atoms. The lowest BCUT2D eigenvalue weighted by molar-refractivity contribution is 0.241. The number of nitrogens with two attached hydrogens (primary N) is 1. The van der Waals surface area contributed by atoms with Gasteiger partial charge in [-0.1, -0.05) is 5.92 Å². The summed E-state index contributed by atoms with van der Waals surface area (Å²) in [6.07, 6.45) is -1.12. The molecule has 0 aliphatic carbocycles. The quantitative estimate of drug-likeness (QED) is 0.250. The molecule has 0 rings (SSSR count). The molecule has 1 unspecified atom stereocenters. The third-order valence-corrected chi connectivity index (χ3v) is 0.733. The highest BCUT2D eigenvalue weighted by molar-refractivity contribution is 7.80. The minimum absolute atomic E-state index is 0.474. The third kappa shape index (κ3) is 8.95. The van der Waals surface area contributed by atoms with Crippen molar-refractivity contribution in [3.8, 4) is 35.5 Å². The maximum absolute atomic E-state index is 8.44. The second-order valence-electron chi connectivity index (χ2n) is 1.42. The fourth-order valence-corrected chi connectivity index (χ4v) is 0.335. The summed E-state index contributed by atoms with van der Waals surface area (Å²) in [7, 11) is 0. The van der Waals surface area contributed by atoms with E-state index in [4.69, 9.17) is 10.8 Å². The molecule has 56 valence electrons. The summed E-state index contributed by atoms with van der Waals surface area (Å²) in [5, 5.41) is 8.44. The van der Waals surface area contributed by atoms with Gasteiger partial charge in [-0.25, -0.2) is 0 Å². The number of hydrogen-bond donors (Lipinski definition) is 3. The smallest absolute Gasteiger partial charge is 0.166 e. The first-order valence-electron chi connectivity index (χ1n) is 2.80. The van der Waals surface area contributed by atoms with E-state index >= 15 is 0 Å². The molecule has 0 spiro atoms. The molecule has 0 aliphatic rings. The summed E-state index contributed by atoms with van der Waals surface area (Å²) in [6, 6.07) is 0. The van der Waals surface area contributed by atoms with Crippen LogP contribution in [0.1, 0.15) is 0 Å². The topological polar surface area (TPSA) is 46.2 Å².